The van der Waals surface area contributed by atoms with E-state index in [2.05, 4.69) is 38.0 Å². The Morgan fingerprint density at radius 1 is 1.47 bits per heavy atom. The Kier molecular flexibility index (Phi) is 4.30. The zero-order valence-electron chi connectivity index (χ0n) is 9.34. The molecule has 0 N–H and O–H groups in total. The molecule has 17 heavy (non-hydrogen) atoms. The molecule has 1 saturated heterocycles. The average molecular weight is 297 g/mol. The van der Waals surface area contributed by atoms with Crippen LogP contribution in [0.3, 0.4) is 0 Å². The van der Waals surface area contributed by atoms with Crippen LogP contribution in [0.2, 0.25) is 0 Å². The van der Waals surface area contributed by atoms with Crippen LogP contribution in [-0.4, -0.2) is 35.4 Å². The fourth-order valence-electron chi connectivity index (χ4n) is 1.34. The number of aromatic nitrogens is 2. The smallest absolute Gasteiger partial charge is 0.226 e. The summed E-state index contributed by atoms with van der Waals surface area (Å²) in [6, 6.07) is 0. The Labute approximate surface area is 109 Å². The molecule has 2 rings (SSSR count). The van der Waals surface area contributed by atoms with E-state index in [4.69, 9.17) is 4.84 Å². The third-order valence-electron chi connectivity index (χ3n) is 2.24. The van der Waals surface area contributed by atoms with Crippen molar-refractivity contribution in [3.05, 3.63) is 30.2 Å². The number of unbranched alkanes of at least 4 members (excludes halogenated alkanes) is 1. The van der Waals surface area contributed by atoms with E-state index in [9.17, 15) is 0 Å². The predicted molar refractivity (Wildman–Crippen MR) is 69.6 cm³/mol. The van der Waals surface area contributed by atoms with Gasteiger partial charge in [0.15, 0.2) is 0 Å². The summed E-state index contributed by atoms with van der Waals surface area (Å²) in [5, 5.41) is 4.02. The van der Waals surface area contributed by atoms with Crippen molar-refractivity contribution in [3.8, 4) is 0 Å². The molecule has 1 aromatic heterocycles. The molecule has 0 bridgehead atoms. The minimum Gasteiger partial charge on any atom is -0.396 e. The molecule has 0 unspecified atom stereocenters. The van der Waals surface area contributed by atoms with Crippen LogP contribution in [-0.2, 0) is 4.84 Å². The molecule has 2 heterocycles. The van der Waals surface area contributed by atoms with Crippen molar-refractivity contribution in [2.75, 3.05) is 24.6 Å². The first kappa shape index (κ1) is 12.3. The van der Waals surface area contributed by atoms with Gasteiger partial charge in [-0.3, -0.25) is 0 Å². The molecular weight excluding hydrogens is 284 g/mol. The van der Waals surface area contributed by atoms with Crippen LogP contribution in [0.1, 0.15) is 6.42 Å². The SMILES string of the molecule is [CH2][CH]CCON=C1CN(c2ncc(Br)cn2)C1. The van der Waals surface area contributed by atoms with E-state index in [1.165, 1.54) is 0 Å². The minimum absolute atomic E-state index is 0.585. The third-order valence-corrected chi connectivity index (χ3v) is 2.65. The fourth-order valence-corrected chi connectivity index (χ4v) is 1.54. The first-order valence-electron chi connectivity index (χ1n) is 5.30. The molecular formula is C11H13BrN4O. The maximum absolute atomic E-state index is 5.12. The molecule has 1 fully saturated rings. The van der Waals surface area contributed by atoms with Crippen molar-refractivity contribution in [2.24, 2.45) is 5.16 Å². The standard InChI is InChI=1S/C11H13BrN4O/c1-2-3-4-17-15-10-7-16(8-10)11-13-5-9(12)6-14-11/h2,5-6H,1,3-4,7-8H2. The zero-order valence-corrected chi connectivity index (χ0v) is 10.9. The van der Waals surface area contributed by atoms with Gasteiger partial charge in [0.05, 0.1) is 23.3 Å². The van der Waals surface area contributed by atoms with E-state index in [1.54, 1.807) is 12.4 Å². The van der Waals surface area contributed by atoms with Gasteiger partial charge in [0.1, 0.15) is 6.61 Å². The second-order valence-corrected chi connectivity index (χ2v) is 4.54. The van der Waals surface area contributed by atoms with Crippen molar-refractivity contribution in [1.82, 2.24) is 9.97 Å². The molecule has 5 nitrogen and oxygen atoms in total. The number of halogens is 1. The van der Waals surface area contributed by atoms with Gasteiger partial charge in [-0.2, -0.15) is 0 Å². The van der Waals surface area contributed by atoms with E-state index in [-0.39, 0.29) is 0 Å². The highest BCUT2D eigenvalue weighted by Crippen LogP contribution is 2.15. The molecule has 2 radical (unpaired) electrons. The summed E-state index contributed by atoms with van der Waals surface area (Å²) in [5.41, 5.74) is 1.01. The van der Waals surface area contributed by atoms with Crippen LogP contribution in [0.5, 0.6) is 0 Å². The van der Waals surface area contributed by atoms with E-state index in [0.717, 1.165) is 35.6 Å². The van der Waals surface area contributed by atoms with Crippen LogP contribution in [0.4, 0.5) is 5.95 Å². The molecule has 0 amide bonds. The summed E-state index contributed by atoms with van der Waals surface area (Å²) in [6.45, 7) is 5.66. The largest absolute Gasteiger partial charge is 0.396 e. The quantitative estimate of drug-likeness (QED) is 0.615. The number of oxime groups is 1. The Morgan fingerprint density at radius 2 is 2.18 bits per heavy atom. The van der Waals surface area contributed by atoms with Crippen molar-refractivity contribution in [1.29, 1.82) is 0 Å². The van der Waals surface area contributed by atoms with E-state index < -0.39 is 0 Å². The molecule has 1 aromatic rings. The molecule has 90 valence electrons. The van der Waals surface area contributed by atoms with Crippen LogP contribution >= 0.6 is 15.9 Å². The van der Waals surface area contributed by atoms with Gasteiger partial charge in [0.2, 0.25) is 5.95 Å². The first-order chi connectivity index (χ1) is 8.29. The van der Waals surface area contributed by atoms with Gasteiger partial charge >= 0.3 is 0 Å². The van der Waals surface area contributed by atoms with Gasteiger partial charge in [0, 0.05) is 12.4 Å². The van der Waals surface area contributed by atoms with Crippen LogP contribution < -0.4 is 4.90 Å². The summed E-state index contributed by atoms with van der Waals surface area (Å²) >= 11 is 3.30. The van der Waals surface area contributed by atoms with Gasteiger partial charge < -0.3 is 9.74 Å². The maximum Gasteiger partial charge on any atom is 0.226 e. The number of hydrogen-bond donors (Lipinski definition) is 0. The van der Waals surface area contributed by atoms with E-state index in [0.29, 0.717) is 6.61 Å². The predicted octanol–water partition coefficient (Wildman–Crippen LogP) is 1.86. The van der Waals surface area contributed by atoms with Crippen LogP contribution in [0.25, 0.3) is 0 Å². The van der Waals surface area contributed by atoms with Crippen molar-refractivity contribution < 1.29 is 4.84 Å². The lowest BCUT2D eigenvalue weighted by molar-refractivity contribution is 0.146. The highest BCUT2D eigenvalue weighted by molar-refractivity contribution is 9.10. The lowest BCUT2D eigenvalue weighted by Crippen LogP contribution is -2.48. The average Bonchev–Trinajstić information content (AvgIpc) is 2.28. The van der Waals surface area contributed by atoms with E-state index in [1.807, 2.05) is 11.3 Å². The monoisotopic (exact) mass is 296 g/mol. The first-order valence-corrected chi connectivity index (χ1v) is 6.10. The third kappa shape index (κ3) is 3.39. The second kappa shape index (κ2) is 5.95. The van der Waals surface area contributed by atoms with Gasteiger partial charge in [-0.25, -0.2) is 9.97 Å². The lowest BCUT2D eigenvalue weighted by atomic mass is 10.2. The Morgan fingerprint density at radius 3 is 2.82 bits per heavy atom. The molecule has 0 aromatic carbocycles. The molecule has 1 aliphatic heterocycles. The normalized spacial score (nSPS) is 14.5. The van der Waals surface area contributed by atoms with Crippen LogP contribution in [0, 0.1) is 13.3 Å². The van der Waals surface area contributed by atoms with Crippen molar-refractivity contribution in [3.63, 3.8) is 0 Å². The topological polar surface area (TPSA) is 50.6 Å². The fraction of sp³-hybridized carbons (Fsp3) is 0.364. The van der Waals surface area contributed by atoms with E-state index >= 15 is 0 Å². The zero-order chi connectivity index (χ0) is 12.1. The second-order valence-electron chi connectivity index (χ2n) is 3.63. The van der Waals surface area contributed by atoms with Gasteiger partial charge in [-0.05, 0) is 35.7 Å². The van der Waals surface area contributed by atoms with Gasteiger partial charge in [0.25, 0.3) is 0 Å². The number of rotatable bonds is 5. The maximum atomic E-state index is 5.12. The molecule has 1 aliphatic rings. The van der Waals surface area contributed by atoms with Crippen molar-refractivity contribution >= 4 is 27.6 Å². The van der Waals surface area contributed by atoms with Gasteiger partial charge in [-0.15, -0.1) is 0 Å². The number of hydrogen-bond acceptors (Lipinski definition) is 5. The molecule has 6 heteroatoms. The number of anilines is 1. The summed E-state index contributed by atoms with van der Waals surface area (Å²) in [7, 11) is 0. The van der Waals surface area contributed by atoms with Crippen LogP contribution in [0.15, 0.2) is 22.0 Å². The molecule has 0 atom stereocenters. The summed E-state index contributed by atoms with van der Waals surface area (Å²) in [4.78, 5) is 15.6. The molecule has 0 aliphatic carbocycles. The minimum atomic E-state index is 0.585. The van der Waals surface area contributed by atoms with Crippen molar-refractivity contribution in [2.45, 2.75) is 6.42 Å². The molecule has 0 saturated carbocycles. The Bertz CT molecular complexity index is 385. The Balaban J connectivity index is 1.76. The summed E-state index contributed by atoms with van der Waals surface area (Å²) in [5.74, 6) is 0.721. The summed E-state index contributed by atoms with van der Waals surface area (Å²) in [6.07, 6.45) is 6.09. The number of nitrogens with zero attached hydrogens (tertiary/aromatic N) is 4. The van der Waals surface area contributed by atoms with Gasteiger partial charge in [-0.1, -0.05) is 5.16 Å². The Hall–Kier alpha value is -1.17. The molecule has 0 spiro atoms. The highest BCUT2D eigenvalue weighted by Gasteiger charge is 2.24. The summed E-state index contributed by atoms with van der Waals surface area (Å²) < 4.78 is 0.878. The highest BCUT2D eigenvalue weighted by atomic mass is 79.9. The lowest BCUT2D eigenvalue weighted by Gasteiger charge is -2.31.